The monoisotopic (exact) mass is 498 g/mol. The minimum atomic E-state index is -0.115. The lowest BCUT2D eigenvalue weighted by Gasteiger charge is -2.35. The number of nitrogens with one attached hydrogen (secondary N) is 2. The second kappa shape index (κ2) is 11.2. The fraction of sp³-hybridized carbons (Fsp3) is 0.423. The van der Waals surface area contributed by atoms with E-state index in [1.807, 2.05) is 43.3 Å². The number of ether oxygens (including phenoxy) is 3. The van der Waals surface area contributed by atoms with Crippen molar-refractivity contribution in [3.05, 3.63) is 54.0 Å². The molecule has 8 nitrogen and oxygen atoms in total. The van der Waals surface area contributed by atoms with Crippen molar-refractivity contribution in [2.45, 2.75) is 44.9 Å². The Morgan fingerprint density at radius 2 is 1.97 bits per heavy atom. The van der Waals surface area contributed by atoms with E-state index >= 15 is 0 Å². The molecule has 1 aliphatic carbocycles. The van der Waals surface area contributed by atoms with E-state index in [2.05, 4.69) is 20.6 Å². The second-order valence-electron chi connectivity index (χ2n) is 8.91. The number of fused-ring (bicyclic) bond motifs is 2. The van der Waals surface area contributed by atoms with Gasteiger partial charge in [-0.2, -0.15) is 0 Å². The number of carbonyl (C=O) groups is 1. The first-order valence-electron chi connectivity index (χ1n) is 11.8. The van der Waals surface area contributed by atoms with Crippen LogP contribution in [0.4, 0.5) is 5.69 Å². The van der Waals surface area contributed by atoms with Crippen LogP contribution in [0.25, 0.3) is 10.9 Å². The summed E-state index contributed by atoms with van der Waals surface area (Å²) >= 11 is 0. The third kappa shape index (κ3) is 5.66. The molecule has 9 heteroatoms. The average molecular weight is 499 g/mol. The summed E-state index contributed by atoms with van der Waals surface area (Å²) in [5.74, 6) is 1.33. The number of carbonyl (C=O) groups excluding carboxylic acids is 1. The van der Waals surface area contributed by atoms with E-state index in [0.717, 1.165) is 46.6 Å². The number of aryl methyl sites for hydroxylation is 1. The summed E-state index contributed by atoms with van der Waals surface area (Å²) < 4.78 is 17.0. The largest absolute Gasteiger partial charge is 0.486 e. The Kier molecular flexibility index (Phi) is 8.05. The van der Waals surface area contributed by atoms with E-state index in [9.17, 15) is 4.79 Å². The smallest absolute Gasteiger partial charge is 0.227 e. The highest BCUT2D eigenvalue weighted by molar-refractivity contribution is 6.01. The van der Waals surface area contributed by atoms with Gasteiger partial charge in [0.05, 0.1) is 29.2 Å². The standard InChI is InChI=1S/C26H30N4O4.ClH/c1-16-6-7-17-4-3-5-21(25(17)29-16)30-26(31)18-8-9-20(22(12-18)32-2)28-14-19-13-23-24(15-27-19)34-11-10-33-23;/h3-7,13,15,18,20,22,28H,8-12,14H2,1-2H3,(H,30,31);1H/t18-,20-,22-;/m1./s1. The minimum absolute atomic E-state index is 0. The van der Waals surface area contributed by atoms with Crippen LogP contribution >= 0.6 is 12.4 Å². The van der Waals surface area contributed by atoms with Crippen LogP contribution in [0.3, 0.4) is 0 Å². The lowest BCUT2D eigenvalue weighted by atomic mass is 9.83. The van der Waals surface area contributed by atoms with Crippen LogP contribution < -0.4 is 20.1 Å². The summed E-state index contributed by atoms with van der Waals surface area (Å²) in [6, 6.07) is 11.9. The molecule has 1 fully saturated rings. The summed E-state index contributed by atoms with van der Waals surface area (Å²) in [6.45, 7) is 3.65. The zero-order valence-corrected chi connectivity index (χ0v) is 20.8. The SMILES string of the molecule is CO[C@@H]1C[C@H](C(=O)Nc2cccc3ccc(C)nc23)CC[C@H]1NCc1cc2c(cn1)OCCO2.Cl. The molecule has 0 unspecified atom stereocenters. The van der Waals surface area contributed by atoms with Crippen molar-refractivity contribution in [2.24, 2.45) is 5.92 Å². The van der Waals surface area contributed by atoms with Crippen molar-refractivity contribution in [3.8, 4) is 11.5 Å². The predicted molar refractivity (Wildman–Crippen MR) is 136 cm³/mol. The van der Waals surface area contributed by atoms with Crippen LogP contribution in [0, 0.1) is 12.8 Å². The highest BCUT2D eigenvalue weighted by atomic mass is 35.5. The van der Waals surface area contributed by atoms with Gasteiger partial charge in [0, 0.05) is 42.8 Å². The normalized spacial score (nSPS) is 21.3. The zero-order valence-electron chi connectivity index (χ0n) is 20.0. The van der Waals surface area contributed by atoms with Gasteiger partial charge in [0.25, 0.3) is 0 Å². The Balaban J connectivity index is 0.00000289. The molecule has 0 saturated heterocycles. The molecule has 186 valence electrons. The van der Waals surface area contributed by atoms with Crippen molar-refractivity contribution in [1.82, 2.24) is 15.3 Å². The molecule has 2 aromatic heterocycles. The number of hydrogen-bond donors (Lipinski definition) is 2. The van der Waals surface area contributed by atoms with Gasteiger partial charge in [-0.15, -0.1) is 12.4 Å². The van der Waals surface area contributed by atoms with Crippen molar-refractivity contribution in [1.29, 1.82) is 0 Å². The fourth-order valence-corrected chi connectivity index (χ4v) is 4.76. The van der Waals surface area contributed by atoms with Crippen LogP contribution in [-0.2, 0) is 16.1 Å². The van der Waals surface area contributed by atoms with Crippen LogP contribution in [0.15, 0.2) is 42.6 Å². The summed E-state index contributed by atoms with van der Waals surface area (Å²) in [5.41, 5.74) is 3.39. The maximum atomic E-state index is 13.1. The topological polar surface area (TPSA) is 94.6 Å². The molecule has 0 bridgehead atoms. The highest BCUT2D eigenvalue weighted by Gasteiger charge is 2.34. The lowest BCUT2D eigenvalue weighted by molar-refractivity contribution is -0.122. The molecule has 1 aromatic carbocycles. The number of hydrogen-bond acceptors (Lipinski definition) is 7. The lowest BCUT2D eigenvalue weighted by Crippen LogP contribution is -2.47. The van der Waals surface area contributed by atoms with Gasteiger partial charge < -0.3 is 24.8 Å². The summed E-state index contributed by atoms with van der Waals surface area (Å²) in [7, 11) is 1.71. The van der Waals surface area contributed by atoms with Gasteiger partial charge in [0.1, 0.15) is 13.2 Å². The number of benzene rings is 1. The van der Waals surface area contributed by atoms with Crippen LogP contribution in [0.1, 0.15) is 30.7 Å². The molecule has 1 aliphatic heterocycles. The van der Waals surface area contributed by atoms with Crippen molar-refractivity contribution in [2.75, 3.05) is 25.6 Å². The quantitative estimate of drug-likeness (QED) is 0.529. The van der Waals surface area contributed by atoms with Gasteiger partial charge in [-0.25, -0.2) is 0 Å². The molecule has 2 N–H and O–H groups in total. The number of aromatic nitrogens is 2. The molecule has 3 aromatic rings. The number of pyridine rings is 2. The molecular weight excluding hydrogens is 468 g/mol. The first-order valence-corrected chi connectivity index (χ1v) is 11.8. The first kappa shape index (κ1) is 25.2. The van der Waals surface area contributed by atoms with E-state index < -0.39 is 0 Å². The van der Waals surface area contributed by atoms with Gasteiger partial charge in [-0.1, -0.05) is 18.2 Å². The first-order chi connectivity index (χ1) is 16.6. The maximum absolute atomic E-state index is 13.1. The fourth-order valence-electron chi connectivity index (χ4n) is 4.76. The Morgan fingerprint density at radius 1 is 1.14 bits per heavy atom. The van der Waals surface area contributed by atoms with E-state index in [1.54, 1.807) is 13.3 Å². The maximum Gasteiger partial charge on any atom is 0.227 e. The summed E-state index contributed by atoms with van der Waals surface area (Å²) in [4.78, 5) is 22.2. The van der Waals surface area contributed by atoms with Crippen molar-refractivity contribution < 1.29 is 19.0 Å². The van der Waals surface area contributed by atoms with Crippen molar-refractivity contribution in [3.63, 3.8) is 0 Å². The Bertz CT molecular complexity index is 1190. The third-order valence-corrected chi connectivity index (χ3v) is 6.61. The van der Waals surface area contributed by atoms with Crippen LogP contribution in [0.5, 0.6) is 11.5 Å². The van der Waals surface area contributed by atoms with Gasteiger partial charge in [-0.3, -0.25) is 14.8 Å². The number of halogens is 1. The molecule has 35 heavy (non-hydrogen) atoms. The number of nitrogens with zero attached hydrogens (tertiary/aromatic N) is 2. The Hall–Kier alpha value is -2.94. The average Bonchev–Trinajstić information content (AvgIpc) is 2.87. The molecule has 5 rings (SSSR count). The summed E-state index contributed by atoms with van der Waals surface area (Å²) in [6.07, 6.45) is 3.94. The number of methoxy groups -OCH3 is 1. The van der Waals surface area contributed by atoms with Gasteiger partial charge >= 0.3 is 0 Å². The number of para-hydroxylation sites is 1. The summed E-state index contributed by atoms with van der Waals surface area (Å²) in [5, 5.41) is 7.69. The van der Waals surface area contributed by atoms with E-state index in [4.69, 9.17) is 14.2 Å². The number of anilines is 1. The molecule has 0 spiro atoms. The predicted octanol–water partition coefficient (Wildman–Crippen LogP) is 4.04. The Labute approximate surface area is 211 Å². The Morgan fingerprint density at radius 3 is 2.80 bits per heavy atom. The van der Waals surface area contributed by atoms with Gasteiger partial charge in [-0.05, 0) is 38.3 Å². The van der Waals surface area contributed by atoms with E-state index in [-0.39, 0.29) is 36.4 Å². The van der Waals surface area contributed by atoms with E-state index in [0.29, 0.717) is 31.9 Å². The molecule has 2 aliphatic rings. The second-order valence-corrected chi connectivity index (χ2v) is 8.91. The molecule has 3 heterocycles. The van der Waals surface area contributed by atoms with Gasteiger partial charge in [0.15, 0.2) is 11.5 Å². The molecular formula is C26H31ClN4O4. The highest BCUT2D eigenvalue weighted by Crippen LogP contribution is 2.31. The number of rotatable bonds is 6. The van der Waals surface area contributed by atoms with E-state index in [1.165, 1.54) is 0 Å². The zero-order chi connectivity index (χ0) is 23.5. The third-order valence-electron chi connectivity index (χ3n) is 6.61. The number of amides is 1. The van der Waals surface area contributed by atoms with Gasteiger partial charge in [0.2, 0.25) is 5.91 Å². The molecule has 3 atom stereocenters. The molecule has 1 amide bonds. The minimum Gasteiger partial charge on any atom is -0.486 e. The van der Waals surface area contributed by atoms with Crippen LogP contribution in [-0.4, -0.2) is 48.3 Å². The molecule has 1 saturated carbocycles. The van der Waals surface area contributed by atoms with Crippen molar-refractivity contribution >= 4 is 34.9 Å². The van der Waals surface area contributed by atoms with Crippen LogP contribution in [0.2, 0.25) is 0 Å². The molecule has 0 radical (unpaired) electrons.